The van der Waals surface area contributed by atoms with Gasteiger partial charge in [0.1, 0.15) is 5.82 Å². The molecule has 0 fully saturated rings. The molecule has 0 amide bonds. The lowest BCUT2D eigenvalue weighted by atomic mass is 10.1. The normalized spacial score (nSPS) is 10.3. The number of nitrogen functional groups attached to an aromatic ring is 1. The number of halogens is 2. The fourth-order valence-corrected chi connectivity index (χ4v) is 1.19. The predicted octanol–water partition coefficient (Wildman–Crippen LogP) is 2.00. The van der Waals surface area contributed by atoms with Crippen molar-refractivity contribution >= 4 is 5.82 Å². The topological polar surface area (TPSA) is 51.8 Å². The second kappa shape index (κ2) is 3.61. The number of rotatable bonds is 1. The Bertz CT molecular complexity index is 483. The van der Waals surface area contributed by atoms with E-state index in [0.29, 0.717) is 0 Å². The zero-order valence-corrected chi connectivity index (χ0v) is 7.61. The maximum atomic E-state index is 13.3. The van der Waals surface area contributed by atoms with E-state index in [-0.39, 0.29) is 17.1 Å². The number of hydrogen-bond acceptors (Lipinski definition) is 3. The average Bonchev–Trinajstić information content (AvgIpc) is 2.24. The molecule has 0 saturated heterocycles. The Kier molecular flexibility index (Phi) is 2.29. The Hall–Kier alpha value is -2.04. The van der Waals surface area contributed by atoms with Crippen molar-refractivity contribution in [1.29, 1.82) is 0 Å². The third-order valence-electron chi connectivity index (χ3n) is 1.91. The van der Waals surface area contributed by atoms with Gasteiger partial charge in [-0.15, -0.1) is 10.2 Å². The van der Waals surface area contributed by atoms with E-state index in [1.807, 2.05) is 0 Å². The lowest BCUT2D eigenvalue weighted by Gasteiger charge is -2.02. The maximum Gasteiger partial charge on any atom is 0.168 e. The molecule has 3 nitrogen and oxygen atoms in total. The van der Waals surface area contributed by atoms with E-state index in [1.54, 1.807) is 0 Å². The van der Waals surface area contributed by atoms with Crippen LogP contribution >= 0.6 is 0 Å². The third-order valence-corrected chi connectivity index (χ3v) is 1.91. The van der Waals surface area contributed by atoms with Crippen LogP contribution in [0.25, 0.3) is 11.3 Å². The van der Waals surface area contributed by atoms with Crippen LogP contribution in [0.4, 0.5) is 14.6 Å². The SMILES string of the molecule is Nc1ccc(-c2cccc(F)c2F)nn1. The van der Waals surface area contributed by atoms with Crippen LogP contribution in [-0.4, -0.2) is 10.2 Å². The van der Waals surface area contributed by atoms with Crippen molar-refractivity contribution < 1.29 is 8.78 Å². The number of nitrogens with two attached hydrogens (primary N) is 1. The summed E-state index contributed by atoms with van der Waals surface area (Å²) in [6.07, 6.45) is 0. The highest BCUT2D eigenvalue weighted by Crippen LogP contribution is 2.21. The summed E-state index contributed by atoms with van der Waals surface area (Å²) in [4.78, 5) is 0. The summed E-state index contributed by atoms with van der Waals surface area (Å²) < 4.78 is 26.2. The van der Waals surface area contributed by atoms with E-state index in [2.05, 4.69) is 10.2 Å². The van der Waals surface area contributed by atoms with E-state index in [4.69, 9.17) is 5.73 Å². The van der Waals surface area contributed by atoms with Gasteiger partial charge in [-0.05, 0) is 24.3 Å². The van der Waals surface area contributed by atoms with Crippen molar-refractivity contribution in [3.63, 3.8) is 0 Å². The monoisotopic (exact) mass is 207 g/mol. The van der Waals surface area contributed by atoms with Crippen LogP contribution in [-0.2, 0) is 0 Å². The quantitative estimate of drug-likeness (QED) is 0.778. The van der Waals surface area contributed by atoms with Crippen molar-refractivity contribution in [1.82, 2.24) is 10.2 Å². The van der Waals surface area contributed by atoms with Gasteiger partial charge in [-0.2, -0.15) is 0 Å². The van der Waals surface area contributed by atoms with Gasteiger partial charge in [-0.1, -0.05) is 6.07 Å². The first-order chi connectivity index (χ1) is 7.18. The molecule has 0 saturated carbocycles. The van der Waals surface area contributed by atoms with Gasteiger partial charge in [-0.3, -0.25) is 0 Å². The minimum absolute atomic E-state index is 0.0718. The minimum Gasteiger partial charge on any atom is -0.382 e. The highest BCUT2D eigenvalue weighted by molar-refractivity contribution is 5.60. The van der Waals surface area contributed by atoms with Crippen molar-refractivity contribution in [2.75, 3.05) is 5.73 Å². The lowest BCUT2D eigenvalue weighted by Crippen LogP contribution is -1.96. The molecule has 0 aliphatic carbocycles. The minimum atomic E-state index is -0.934. The average molecular weight is 207 g/mol. The van der Waals surface area contributed by atoms with Crippen molar-refractivity contribution in [3.05, 3.63) is 42.0 Å². The first-order valence-electron chi connectivity index (χ1n) is 4.22. The van der Waals surface area contributed by atoms with Crippen LogP contribution < -0.4 is 5.73 Å². The molecule has 1 aromatic heterocycles. The first kappa shape index (κ1) is 9.51. The zero-order valence-electron chi connectivity index (χ0n) is 7.61. The third kappa shape index (κ3) is 1.76. The van der Waals surface area contributed by atoms with E-state index >= 15 is 0 Å². The molecular weight excluding hydrogens is 200 g/mol. The van der Waals surface area contributed by atoms with Gasteiger partial charge in [0, 0.05) is 5.56 Å². The highest BCUT2D eigenvalue weighted by atomic mass is 19.2. The molecule has 0 unspecified atom stereocenters. The molecule has 1 aromatic carbocycles. The predicted molar refractivity (Wildman–Crippen MR) is 51.8 cm³/mol. The van der Waals surface area contributed by atoms with Gasteiger partial charge in [-0.25, -0.2) is 8.78 Å². The van der Waals surface area contributed by atoms with E-state index in [1.165, 1.54) is 24.3 Å². The molecule has 5 heteroatoms. The number of anilines is 1. The second-order valence-electron chi connectivity index (χ2n) is 2.94. The van der Waals surface area contributed by atoms with Crippen LogP contribution in [0.15, 0.2) is 30.3 Å². The van der Waals surface area contributed by atoms with Crippen LogP contribution in [0.5, 0.6) is 0 Å². The molecule has 76 valence electrons. The van der Waals surface area contributed by atoms with Gasteiger partial charge >= 0.3 is 0 Å². The number of aromatic nitrogens is 2. The molecule has 1 heterocycles. The molecule has 0 radical (unpaired) electrons. The largest absolute Gasteiger partial charge is 0.382 e. The molecular formula is C10H7F2N3. The van der Waals surface area contributed by atoms with Gasteiger partial charge < -0.3 is 5.73 Å². The van der Waals surface area contributed by atoms with Crippen LogP contribution in [0, 0.1) is 11.6 Å². The van der Waals surface area contributed by atoms with Crippen LogP contribution in [0.1, 0.15) is 0 Å². The van der Waals surface area contributed by atoms with Crippen molar-refractivity contribution in [2.45, 2.75) is 0 Å². The molecule has 2 aromatic rings. The summed E-state index contributed by atoms with van der Waals surface area (Å²) >= 11 is 0. The Morgan fingerprint density at radius 2 is 1.80 bits per heavy atom. The molecule has 0 bridgehead atoms. The van der Waals surface area contributed by atoms with E-state index in [0.717, 1.165) is 6.07 Å². The fraction of sp³-hybridized carbons (Fsp3) is 0. The molecule has 0 spiro atoms. The lowest BCUT2D eigenvalue weighted by molar-refractivity contribution is 0.511. The van der Waals surface area contributed by atoms with Gasteiger partial charge in [0.2, 0.25) is 0 Å². The molecule has 2 rings (SSSR count). The smallest absolute Gasteiger partial charge is 0.168 e. The zero-order chi connectivity index (χ0) is 10.8. The standard InChI is InChI=1S/C10H7F2N3/c11-7-3-1-2-6(10(7)12)8-4-5-9(13)15-14-8/h1-5H,(H2,13,15). The summed E-state index contributed by atoms with van der Waals surface area (Å²) in [6, 6.07) is 6.85. The molecule has 2 N–H and O–H groups in total. The Morgan fingerprint density at radius 1 is 1.00 bits per heavy atom. The van der Waals surface area contributed by atoms with Gasteiger partial charge in [0.25, 0.3) is 0 Å². The summed E-state index contributed by atoms with van der Waals surface area (Å²) in [5, 5.41) is 7.23. The van der Waals surface area contributed by atoms with Gasteiger partial charge in [0.15, 0.2) is 11.6 Å². The number of hydrogen-bond donors (Lipinski definition) is 1. The van der Waals surface area contributed by atoms with Crippen LogP contribution in [0.3, 0.4) is 0 Å². The Labute approximate surface area is 84.6 Å². The molecule has 0 atom stereocenters. The van der Waals surface area contributed by atoms with Crippen molar-refractivity contribution in [3.8, 4) is 11.3 Å². The first-order valence-corrected chi connectivity index (χ1v) is 4.22. The number of nitrogens with zero attached hydrogens (tertiary/aromatic N) is 2. The number of benzene rings is 1. The maximum absolute atomic E-state index is 13.3. The molecule has 0 aliphatic rings. The van der Waals surface area contributed by atoms with E-state index < -0.39 is 11.6 Å². The van der Waals surface area contributed by atoms with Crippen LogP contribution in [0.2, 0.25) is 0 Å². The second-order valence-corrected chi connectivity index (χ2v) is 2.94. The molecule has 15 heavy (non-hydrogen) atoms. The van der Waals surface area contributed by atoms with E-state index in [9.17, 15) is 8.78 Å². The highest BCUT2D eigenvalue weighted by Gasteiger charge is 2.10. The summed E-state index contributed by atoms with van der Waals surface area (Å²) in [6.45, 7) is 0. The van der Waals surface area contributed by atoms with Gasteiger partial charge in [0.05, 0.1) is 5.69 Å². The fourth-order valence-electron chi connectivity index (χ4n) is 1.19. The summed E-state index contributed by atoms with van der Waals surface area (Å²) in [5.74, 6) is -1.61. The molecule has 0 aliphatic heterocycles. The van der Waals surface area contributed by atoms with Crippen molar-refractivity contribution in [2.24, 2.45) is 0 Å². The summed E-state index contributed by atoms with van der Waals surface area (Å²) in [7, 11) is 0. The summed E-state index contributed by atoms with van der Waals surface area (Å²) in [5.41, 5.74) is 5.65. The Morgan fingerprint density at radius 3 is 2.47 bits per heavy atom. The Balaban J connectivity index is 2.54.